The van der Waals surface area contributed by atoms with Crippen molar-refractivity contribution in [2.45, 2.75) is 31.7 Å². The van der Waals surface area contributed by atoms with Crippen LogP contribution in [0, 0.1) is 0 Å². The summed E-state index contributed by atoms with van der Waals surface area (Å²) in [5.74, 6) is 1.76. The van der Waals surface area contributed by atoms with Crippen molar-refractivity contribution in [3.63, 3.8) is 0 Å². The van der Waals surface area contributed by atoms with Crippen LogP contribution in [0.25, 0.3) is 0 Å². The molecule has 1 fully saturated rings. The minimum absolute atomic E-state index is 0.252. The van der Waals surface area contributed by atoms with E-state index in [2.05, 4.69) is 32.7 Å². The van der Waals surface area contributed by atoms with Crippen molar-refractivity contribution in [3.8, 4) is 5.75 Å². The topological polar surface area (TPSA) is 67.4 Å². The van der Waals surface area contributed by atoms with E-state index in [1.54, 1.807) is 14.2 Å². The van der Waals surface area contributed by atoms with E-state index >= 15 is 0 Å². The standard InChI is InChI=1S/C22H38N4O3/c1-23-22(24-12-9-15-29-17-16-27-2)25-18-20(26-13-7-4-8-14-26)19-10-5-6-11-21(19)28-3/h5-6,10-11,20H,4,7-9,12-18H2,1-3H3,(H2,23,24,25). The van der Waals surface area contributed by atoms with Crippen LogP contribution in [0.4, 0.5) is 0 Å². The van der Waals surface area contributed by atoms with Crippen LogP contribution in [0.5, 0.6) is 5.75 Å². The molecule has 0 aromatic heterocycles. The first kappa shape index (κ1) is 23.4. The molecule has 1 atom stereocenters. The first-order chi connectivity index (χ1) is 14.3. The number of aliphatic imine (C=N–C) groups is 1. The summed E-state index contributed by atoms with van der Waals surface area (Å²) in [5, 5.41) is 6.89. The van der Waals surface area contributed by atoms with Crippen molar-refractivity contribution in [1.29, 1.82) is 0 Å². The van der Waals surface area contributed by atoms with Crippen LogP contribution in [0.3, 0.4) is 0 Å². The van der Waals surface area contributed by atoms with Gasteiger partial charge in [0.2, 0.25) is 0 Å². The number of piperidine rings is 1. The number of nitrogens with zero attached hydrogens (tertiary/aromatic N) is 2. The Hall–Kier alpha value is -1.83. The van der Waals surface area contributed by atoms with E-state index in [4.69, 9.17) is 14.2 Å². The summed E-state index contributed by atoms with van der Waals surface area (Å²) >= 11 is 0. The molecule has 1 unspecified atom stereocenters. The van der Waals surface area contributed by atoms with Gasteiger partial charge in [-0.05, 0) is 38.4 Å². The Morgan fingerprint density at radius 3 is 2.59 bits per heavy atom. The number of para-hydroxylation sites is 1. The molecule has 1 aliphatic rings. The second kappa shape index (κ2) is 14.2. The molecule has 7 nitrogen and oxygen atoms in total. The average Bonchev–Trinajstić information content (AvgIpc) is 2.78. The summed E-state index contributed by atoms with van der Waals surface area (Å²) in [4.78, 5) is 6.93. The molecule has 29 heavy (non-hydrogen) atoms. The van der Waals surface area contributed by atoms with E-state index in [0.29, 0.717) is 19.8 Å². The Morgan fingerprint density at radius 1 is 1.07 bits per heavy atom. The lowest BCUT2D eigenvalue weighted by Gasteiger charge is -2.35. The van der Waals surface area contributed by atoms with Gasteiger partial charge in [0, 0.05) is 39.4 Å². The molecule has 0 radical (unpaired) electrons. The molecule has 1 aliphatic heterocycles. The molecule has 7 heteroatoms. The Bertz CT molecular complexity index is 591. The van der Waals surface area contributed by atoms with Gasteiger partial charge in [0.05, 0.1) is 26.4 Å². The highest BCUT2D eigenvalue weighted by Gasteiger charge is 2.25. The lowest BCUT2D eigenvalue weighted by atomic mass is 10.0. The Kier molecular flexibility index (Phi) is 11.5. The molecule has 0 amide bonds. The highest BCUT2D eigenvalue weighted by molar-refractivity contribution is 5.79. The molecule has 1 aromatic carbocycles. The molecule has 1 heterocycles. The molecular weight excluding hydrogens is 368 g/mol. The third kappa shape index (κ3) is 8.20. The number of ether oxygens (including phenoxy) is 3. The SMILES string of the molecule is CN=C(NCCCOCCOC)NCC(c1ccccc1OC)N1CCCCC1. The molecule has 0 bridgehead atoms. The monoisotopic (exact) mass is 406 g/mol. The van der Waals surface area contributed by atoms with Crippen LogP contribution in [0.15, 0.2) is 29.3 Å². The van der Waals surface area contributed by atoms with Gasteiger partial charge in [-0.2, -0.15) is 0 Å². The Labute approximate surface area is 175 Å². The summed E-state index contributed by atoms with van der Waals surface area (Å²) in [6.45, 7) is 5.83. The number of likely N-dealkylation sites (tertiary alicyclic amines) is 1. The van der Waals surface area contributed by atoms with Crippen molar-refractivity contribution in [3.05, 3.63) is 29.8 Å². The van der Waals surface area contributed by atoms with E-state index in [1.165, 1.54) is 24.8 Å². The first-order valence-corrected chi connectivity index (χ1v) is 10.7. The van der Waals surface area contributed by atoms with E-state index in [0.717, 1.165) is 44.3 Å². The molecular formula is C22H38N4O3. The number of benzene rings is 1. The molecule has 1 aromatic rings. The third-order valence-electron chi connectivity index (χ3n) is 5.21. The number of methoxy groups -OCH3 is 2. The number of nitrogens with one attached hydrogen (secondary N) is 2. The summed E-state index contributed by atoms with van der Waals surface area (Å²) < 4.78 is 16.1. The number of hydrogen-bond donors (Lipinski definition) is 2. The second-order valence-electron chi connectivity index (χ2n) is 7.19. The Morgan fingerprint density at radius 2 is 1.86 bits per heavy atom. The van der Waals surface area contributed by atoms with Gasteiger partial charge >= 0.3 is 0 Å². The second-order valence-corrected chi connectivity index (χ2v) is 7.19. The summed E-state index contributed by atoms with van der Waals surface area (Å²) in [6.07, 6.45) is 4.74. The smallest absolute Gasteiger partial charge is 0.191 e. The summed E-state index contributed by atoms with van der Waals surface area (Å²) in [7, 11) is 5.24. The zero-order valence-electron chi connectivity index (χ0n) is 18.3. The van der Waals surface area contributed by atoms with Gasteiger partial charge in [-0.15, -0.1) is 0 Å². The zero-order valence-corrected chi connectivity index (χ0v) is 18.3. The molecule has 2 N–H and O–H groups in total. The quantitative estimate of drug-likeness (QED) is 0.316. The predicted octanol–water partition coefficient (Wildman–Crippen LogP) is 2.44. The lowest BCUT2D eigenvalue weighted by Crippen LogP contribution is -2.44. The maximum absolute atomic E-state index is 5.65. The van der Waals surface area contributed by atoms with Gasteiger partial charge in [-0.25, -0.2) is 0 Å². The molecule has 0 saturated carbocycles. The van der Waals surface area contributed by atoms with E-state index in [-0.39, 0.29) is 6.04 Å². The predicted molar refractivity (Wildman–Crippen MR) is 118 cm³/mol. The van der Waals surface area contributed by atoms with Crippen LogP contribution in [0.2, 0.25) is 0 Å². The van der Waals surface area contributed by atoms with Gasteiger partial charge in [-0.1, -0.05) is 24.6 Å². The van der Waals surface area contributed by atoms with Crippen LogP contribution < -0.4 is 15.4 Å². The molecule has 164 valence electrons. The summed E-state index contributed by atoms with van der Waals surface area (Å²) in [5.41, 5.74) is 1.23. The zero-order chi connectivity index (χ0) is 20.7. The van der Waals surface area contributed by atoms with Crippen molar-refractivity contribution < 1.29 is 14.2 Å². The fourth-order valence-corrected chi connectivity index (χ4v) is 3.65. The average molecular weight is 407 g/mol. The highest BCUT2D eigenvalue weighted by Crippen LogP contribution is 2.30. The largest absolute Gasteiger partial charge is 0.496 e. The molecule has 1 saturated heterocycles. The maximum Gasteiger partial charge on any atom is 0.191 e. The molecule has 0 spiro atoms. The minimum atomic E-state index is 0.252. The minimum Gasteiger partial charge on any atom is -0.496 e. The van der Waals surface area contributed by atoms with Crippen LogP contribution in [-0.2, 0) is 9.47 Å². The van der Waals surface area contributed by atoms with Gasteiger partial charge in [0.25, 0.3) is 0 Å². The van der Waals surface area contributed by atoms with Gasteiger partial charge in [0.1, 0.15) is 5.75 Å². The fourth-order valence-electron chi connectivity index (χ4n) is 3.65. The van der Waals surface area contributed by atoms with E-state index < -0.39 is 0 Å². The number of hydrogen-bond acceptors (Lipinski definition) is 5. The highest BCUT2D eigenvalue weighted by atomic mass is 16.5. The normalized spacial score (nSPS) is 16.4. The van der Waals surface area contributed by atoms with Crippen molar-refractivity contribution in [1.82, 2.24) is 15.5 Å². The lowest BCUT2D eigenvalue weighted by molar-refractivity contribution is 0.0698. The van der Waals surface area contributed by atoms with E-state index in [1.807, 2.05) is 19.2 Å². The molecule has 0 aliphatic carbocycles. The molecule has 2 rings (SSSR count). The van der Waals surface area contributed by atoms with Crippen LogP contribution in [0.1, 0.15) is 37.3 Å². The van der Waals surface area contributed by atoms with Gasteiger partial charge < -0.3 is 24.8 Å². The van der Waals surface area contributed by atoms with Gasteiger partial charge in [0.15, 0.2) is 5.96 Å². The van der Waals surface area contributed by atoms with Crippen molar-refractivity contribution in [2.75, 3.05) is 67.3 Å². The third-order valence-corrected chi connectivity index (χ3v) is 5.21. The summed E-state index contributed by atoms with van der Waals surface area (Å²) in [6, 6.07) is 8.59. The number of guanidine groups is 1. The van der Waals surface area contributed by atoms with Crippen LogP contribution >= 0.6 is 0 Å². The maximum atomic E-state index is 5.65. The fraction of sp³-hybridized carbons (Fsp3) is 0.682. The Balaban J connectivity index is 1.89. The van der Waals surface area contributed by atoms with Crippen LogP contribution in [-0.4, -0.2) is 78.1 Å². The van der Waals surface area contributed by atoms with Crippen molar-refractivity contribution >= 4 is 5.96 Å². The number of rotatable bonds is 12. The first-order valence-electron chi connectivity index (χ1n) is 10.7. The van der Waals surface area contributed by atoms with Gasteiger partial charge in [-0.3, -0.25) is 9.89 Å². The van der Waals surface area contributed by atoms with E-state index in [9.17, 15) is 0 Å². The van der Waals surface area contributed by atoms with Crippen molar-refractivity contribution in [2.24, 2.45) is 4.99 Å².